The van der Waals surface area contributed by atoms with Gasteiger partial charge in [0.15, 0.2) is 11.6 Å². The minimum absolute atomic E-state index is 0.194. The topological polar surface area (TPSA) is 55.6 Å². The lowest BCUT2D eigenvalue weighted by Crippen LogP contribution is -2.36. The van der Waals surface area contributed by atoms with Gasteiger partial charge in [0.2, 0.25) is 5.89 Å². The number of rotatable bonds is 3. The summed E-state index contributed by atoms with van der Waals surface area (Å²) in [7, 11) is 0. The molecule has 1 aliphatic rings. The Balaban J connectivity index is 1.44. The molecule has 0 radical (unpaired) electrons. The van der Waals surface area contributed by atoms with E-state index in [-0.39, 0.29) is 19.0 Å². The molecule has 0 N–H and O–H groups in total. The van der Waals surface area contributed by atoms with Gasteiger partial charge in [0.1, 0.15) is 12.4 Å². The van der Waals surface area contributed by atoms with E-state index in [9.17, 15) is 13.6 Å². The quantitative estimate of drug-likeness (QED) is 0.689. The number of aromatic nitrogens is 1. The van der Waals surface area contributed by atoms with Crippen LogP contribution in [0.3, 0.4) is 0 Å². The maximum Gasteiger partial charge on any atom is 0.410 e. The highest BCUT2D eigenvalue weighted by molar-refractivity contribution is 5.68. The Hall–Kier alpha value is -3.22. The first-order valence-electron chi connectivity index (χ1n) is 8.50. The summed E-state index contributed by atoms with van der Waals surface area (Å²) in [5.41, 5.74) is 1.96. The Labute approximate surface area is 154 Å². The lowest BCUT2D eigenvalue weighted by molar-refractivity contribution is 0.0887. The molecule has 2 aromatic carbocycles. The van der Waals surface area contributed by atoms with E-state index in [0.717, 1.165) is 17.7 Å². The van der Waals surface area contributed by atoms with Crippen molar-refractivity contribution in [2.45, 2.75) is 19.6 Å². The predicted molar refractivity (Wildman–Crippen MR) is 92.6 cm³/mol. The summed E-state index contributed by atoms with van der Waals surface area (Å²) in [5, 5.41) is 0. The number of carbonyl (C=O) groups is 1. The van der Waals surface area contributed by atoms with Gasteiger partial charge in [0, 0.05) is 18.5 Å². The molecule has 0 bridgehead atoms. The second-order valence-corrected chi connectivity index (χ2v) is 6.23. The Bertz CT molecular complexity index is 973. The highest BCUT2D eigenvalue weighted by atomic mass is 19.2. The number of carbonyl (C=O) groups excluding carboxylic acids is 1. The summed E-state index contributed by atoms with van der Waals surface area (Å²) >= 11 is 0. The molecule has 1 amide bonds. The molecule has 2 heterocycles. The Morgan fingerprint density at radius 2 is 1.96 bits per heavy atom. The third-order valence-electron chi connectivity index (χ3n) is 4.36. The predicted octanol–water partition coefficient (Wildman–Crippen LogP) is 4.31. The van der Waals surface area contributed by atoms with E-state index in [1.807, 2.05) is 30.3 Å². The fraction of sp³-hybridized carbons (Fsp3) is 0.200. The fourth-order valence-corrected chi connectivity index (χ4v) is 2.91. The zero-order chi connectivity index (χ0) is 18.8. The molecule has 5 nitrogen and oxygen atoms in total. The van der Waals surface area contributed by atoms with Gasteiger partial charge in [-0.3, -0.25) is 0 Å². The second kappa shape index (κ2) is 7.19. The fourth-order valence-electron chi connectivity index (χ4n) is 2.91. The van der Waals surface area contributed by atoms with Crippen molar-refractivity contribution >= 4 is 6.09 Å². The van der Waals surface area contributed by atoms with Gasteiger partial charge < -0.3 is 14.1 Å². The average molecular weight is 370 g/mol. The Morgan fingerprint density at radius 3 is 2.74 bits per heavy atom. The molecular weight excluding hydrogens is 354 g/mol. The molecule has 0 saturated carbocycles. The molecule has 0 aliphatic carbocycles. The van der Waals surface area contributed by atoms with E-state index < -0.39 is 17.7 Å². The van der Waals surface area contributed by atoms with Gasteiger partial charge >= 0.3 is 6.09 Å². The van der Waals surface area contributed by atoms with E-state index in [4.69, 9.17) is 9.15 Å². The number of hydrogen-bond donors (Lipinski definition) is 0. The lowest BCUT2D eigenvalue weighted by atomic mass is 10.2. The van der Waals surface area contributed by atoms with Gasteiger partial charge in [0.05, 0.1) is 12.2 Å². The van der Waals surface area contributed by atoms with Crippen molar-refractivity contribution in [1.29, 1.82) is 0 Å². The summed E-state index contributed by atoms with van der Waals surface area (Å²) in [6.45, 7) is 0.865. The molecule has 0 fully saturated rings. The average Bonchev–Trinajstić information content (AvgIpc) is 3.12. The molecule has 7 heteroatoms. The zero-order valence-corrected chi connectivity index (χ0v) is 14.3. The molecule has 4 rings (SSSR count). The van der Waals surface area contributed by atoms with E-state index in [2.05, 4.69) is 4.98 Å². The summed E-state index contributed by atoms with van der Waals surface area (Å²) in [4.78, 5) is 18.2. The van der Waals surface area contributed by atoms with Crippen LogP contribution in [0.1, 0.15) is 17.0 Å². The monoisotopic (exact) mass is 370 g/mol. The number of nitrogens with zero attached hydrogens (tertiary/aromatic N) is 2. The molecule has 138 valence electrons. The highest BCUT2D eigenvalue weighted by Crippen LogP contribution is 2.27. The van der Waals surface area contributed by atoms with E-state index in [1.54, 1.807) is 0 Å². The van der Waals surface area contributed by atoms with Gasteiger partial charge in [-0.2, -0.15) is 0 Å². The van der Waals surface area contributed by atoms with E-state index in [0.29, 0.717) is 30.0 Å². The molecule has 0 saturated heterocycles. The van der Waals surface area contributed by atoms with Crippen molar-refractivity contribution in [3.8, 4) is 11.5 Å². The second-order valence-electron chi connectivity index (χ2n) is 6.23. The van der Waals surface area contributed by atoms with Crippen molar-refractivity contribution in [2.75, 3.05) is 6.54 Å². The van der Waals surface area contributed by atoms with Gasteiger partial charge in [-0.05, 0) is 23.8 Å². The van der Waals surface area contributed by atoms with Crippen molar-refractivity contribution in [1.82, 2.24) is 9.88 Å². The molecule has 1 aromatic heterocycles. The van der Waals surface area contributed by atoms with Gasteiger partial charge in [-0.15, -0.1) is 0 Å². The van der Waals surface area contributed by atoms with Gasteiger partial charge in [0.25, 0.3) is 0 Å². The molecule has 0 atom stereocenters. The van der Waals surface area contributed by atoms with Crippen molar-refractivity contribution in [2.24, 2.45) is 0 Å². The number of amides is 1. The summed E-state index contributed by atoms with van der Waals surface area (Å²) < 4.78 is 37.5. The number of benzene rings is 2. The minimum atomic E-state index is -0.963. The van der Waals surface area contributed by atoms with Crippen molar-refractivity contribution in [3.05, 3.63) is 77.2 Å². The van der Waals surface area contributed by atoms with Crippen LogP contribution < -0.4 is 0 Å². The highest BCUT2D eigenvalue weighted by Gasteiger charge is 2.27. The Morgan fingerprint density at radius 1 is 1.15 bits per heavy atom. The molecular formula is C20H16F2N2O3. The third kappa shape index (κ3) is 3.67. The molecule has 0 unspecified atom stereocenters. The van der Waals surface area contributed by atoms with E-state index in [1.165, 1.54) is 11.0 Å². The third-order valence-corrected chi connectivity index (χ3v) is 4.36. The standard InChI is InChI=1S/C20H16F2N2O3/c21-15-7-6-14(10-16(15)22)19-23-17-8-9-24(11-18(17)27-19)20(25)26-12-13-4-2-1-3-5-13/h1-7,10H,8-9,11-12H2. The molecule has 27 heavy (non-hydrogen) atoms. The lowest BCUT2D eigenvalue weighted by Gasteiger charge is -2.24. The first-order chi connectivity index (χ1) is 13.1. The molecule has 0 spiro atoms. The number of ether oxygens (including phenoxy) is 1. The van der Waals surface area contributed by atoms with Crippen molar-refractivity contribution in [3.63, 3.8) is 0 Å². The number of halogens is 2. The van der Waals surface area contributed by atoms with Crippen LogP contribution >= 0.6 is 0 Å². The van der Waals surface area contributed by atoms with E-state index >= 15 is 0 Å². The van der Waals surface area contributed by atoms with Gasteiger partial charge in [-0.25, -0.2) is 18.6 Å². The van der Waals surface area contributed by atoms with Crippen LogP contribution in [0.5, 0.6) is 0 Å². The van der Waals surface area contributed by atoms with Crippen LogP contribution in [0.2, 0.25) is 0 Å². The van der Waals surface area contributed by atoms with Crippen molar-refractivity contribution < 1.29 is 22.7 Å². The zero-order valence-electron chi connectivity index (χ0n) is 14.3. The molecule has 3 aromatic rings. The summed E-state index contributed by atoms with van der Waals surface area (Å²) in [6, 6.07) is 12.9. The van der Waals surface area contributed by atoms with Gasteiger partial charge in [-0.1, -0.05) is 30.3 Å². The molecule has 1 aliphatic heterocycles. The largest absolute Gasteiger partial charge is 0.445 e. The smallest absolute Gasteiger partial charge is 0.410 e. The SMILES string of the molecule is O=C(OCc1ccccc1)N1CCc2nc(-c3ccc(F)c(F)c3)oc2C1. The van der Waals surface area contributed by atoms with Crippen LogP contribution in [0.15, 0.2) is 52.9 Å². The first kappa shape index (κ1) is 17.2. The van der Waals surface area contributed by atoms with Crippen LogP contribution in [0.4, 0.5) is 13.6 Å². The maximum atomic E-state index is 13.4. The summed E-state index contributed by atoms with van der Waals surface area (Å²) in [6.07, 6.45) is 0.0680. The normalized spacial score (nSPS) is 13.3. The number of oxazole rings is 1. The maximum absolute atomic E-state index is 13.4. The summed E-state index contributed by atoms with van der Waals surface area (Å²) in [5.74, 6) is -1.16. The van der Waals surface area contributed by atoms with Crippen LogP contribution in [0, 0.1) is 11.6 Å². The van der Waals surface area contributed by atoms with Crippen LogP contribution in [0.25, 0.3) is 11.5 Å². The van der Waals surface area contributed by atoms with Crippen LogP contribution in [-0.2, 0) is 24.3 Å². The first-order valence-corrected chi connectivity index (χ1v) is 8.50. The minimum Gasteiger partial charge on any atom is -0.445 e. The Kier molecular flexibility index (Phi) is 4.58. The number of hydrogen-bond acceptors (Lipinski definition) is 4. The number of fused-ring (bicyclic) bond motifs is 1. The van der Waals surface area contributed by atoms with Crippen LogP contribution in [-0.4, -0.2) is 22.5 Å².